The van der Waals surface area contributed by atoms with E-state index in [0.717, 1.165) is 10.2 Å². The number of hydrogen-bond donors (Lipinski definition) is 0. The van der Waals surface area contributed by atoms with Crippen molar-refractivity contribution in [1.82, 2.24) is 0 Å². The van der Waals surface area contributed by atoms with E-state index in [1.54, 1.807) is 12.1 Å². The second-order valence-electron chi connectivity index (χ2n) is 3.46. The van der Waals surface area contributed by atoms with Crippen molar-refractivity contribution in [3.63, 3.8) is 0 Å². The van der Waals surface area contributed by atoms with Crippen molar-refractivity contribution in [1.29, 1.82) is 0 Å². The molecule has 3 heteroatoms. The molecule has 0 aliphatic carbocycles. The van der Waals surface area contributed by atoms with Crippen LogP contribution in [0.4, 0.5) is 15.8 Å². The maximum atomic E-state index is 13.6. The molecule has 0 amide bonds. The van der Waals surface area contributed by atoms with E-state index in [-0.39, 0.29) is 5.82 Å². The van der Waals surface area contributed by atoms with Gasteiger partial charge in [-0.2, -0.15) is 0 Å². The Balaban J connectivity index is 2.44. The molecule has 0 saturated heterocycles. The van der Waals surface area contributed by atoms with Gasteiger partial charge in [-0.05, 0) is 40.2 Å². The Morgan fingerprint density at radius 1 is 0.938 bits per heavy atom. The van der Waals surface area contributed by atoms with Crippen molar-refractivity contribution in [2.75, 3.05) is 11.9 Å². The Labute approximate surface area is 103 Å². The van der Waals surface area contributed by atoms with Gasteiger partial charge in [-0.25, -0.2) is 4.39 Å². The molecule has 2 aromatic rings. The van der Waals surface area contributed by atoms with E-state index in [1.807, 2.05) is 42.3 Å². The predicted octanol–water partition coefficient (Wildman–Crippen LogP) is 4.36. The summed E-state index contributed by atoms with van der Waals surface area (Å²) in [6.45, 7) is 0. The number of halogens is 2. The molecule has 0 atom stereocenters. The third-order valence-corrected chi connectivity index (χ3v) is 3.10. The van der Waals surface area contributed by atoms with Crippen molar-refractivity contribution < 1.29 is 4.39 Å². The van der Waals surface area contributed by atoms with Crippen LogP contribution in [-0.4, -0.2) is 7.05 Å². The van der Waals surface area contributed by atoms with Gasteiger partial charge in [-0.1, -0.05) is 24.3 Å². The third kappa shape index (κ3) is 2.09. The van der Waals surface area contributed by atoms with Crippen LogP contribution in [-0.2, 0) is 0 Å². The van der Waals surface area contributed by atoms with Gasteiger partial charge in [0.25, 0.3) is 0 Å². The summed E-state index contributed by atoms with van der Waals surface area (Å²) < 4.78 is 14.5. The summed E-state index contributed by atoms with van der Waals surface area (Å²) in [6, 6.07) is 14.5. The average molecular weight is 280 g/mol. The SMILES string of the molecule is CN(c1ccccc1F)c1ccccc1Br. The van der Waals surface area contributed by atoms with E-state index in [4.69, 9.17) is 0 Å². The normalized spacial score (nSPS) is 10.2. The first-order valence-corrected chi connectivity index (χ1v) is 5.72. The largest absolute Gasteiger partial charge is 0.341 e. The van der Waals surface area contributed by atoms with Crippen LogP contribution in [0.5, 0.6) is 0 Å². The molecule has 0 aliphatic heterocycles. The lowest BCUT2D eigenvalue weighted by atomic mass is 10.2. The molecule has 0 aromatic heterocycles. The van der Waals surface area contributed by atoms with E-state index in [2.05, 4.69) is 15.9 Å². The number of hydrogen-bond acceptors (Lipinski definition) is 1. The molecule has 0 aliphatic rings. The van der Waals surface area contributed by atoms with Crippen molar-refractivity contribution in [3.8, 4) is 0 Å². The molecule has 2 aromatic carbocycles. The van der Waals surface area contributed by atoms with Gasteiger partial charge in [0.1, 0.15) is 5.82 Å². The second-order valence-corrected chi connectivity index (χ2v) is 4.32. The Morgan fingerprint density at radius 3 is 2.12 bits per heavy atom. The van der Waals surface area contributed by atoms with E-state index < -0.39 is 0 Å². The quantitative estimate of drug-likeness (QED) is 0.790. The minimum absolute atomic E-state index is 0.222. The summed E-state index contributed by atoms with van der Waals surface area (Å²) in [5.74, 6) is -0.222. The summed E-state index contributed by atoms with van der Waals surface area (Å²) in [5, 5.41) is 0. The van der Waals surface area contributed by atoms with E-state index in [0.29, 0.717) is 5.69 Å². The van der Waals surface area contributed by atoms with Crippen molar-refractivity contribution in [2.24, 2.45) is 0 Å². The number of benzene rings is 2. The van der Waals surface area contributed by atoms with Crippen LogP contribution in [0.25, 0.3) is 0 Å². The van der Waals surface area contributed by atoms with E-state index in [9.17, 15) is 4.39 Å². The van der Waals surface area contributed by atoms with Crippen LogP contribution < -0.4 is 4.90 Å². The highest BCUT2D eigenvalue weighted by Crippen LogP contribution is 2.31. The molecule has 2 rings (SSSR count). The monoisotopic (exact) mass is 279 g/mol. The van der Waals surface area contributed by atoms with Gasteiger partial charge in [-0.3, -0.25) is 0 Å². The summed E-state index contributed by atoms with van der Waals surface area (Å²) in [4.78, 5) is 1.82. The fourth-order valence-corrected chi connectivity index (χ4v) is 2.13. The zero-order chi connectivity index (χ0) is 11.5. The summed E-state index contributed by atoms with van der Waals surface area (Å²) in [6.07, 6.45) is 0. The molecule has 82 valence electrons. The van der Waals surface area contributed by atoms with Crippen LogP contribution in [0, 0.1) is 5.82 Å². The number of anilines is 2. The summed E-state index contributed by atoms with van der Waals surface area (Å²) >= 11 is 3.45. The van der Waals surface area contributed by atoms with Crippen LogP contribution in [0.15, 0.2) is 53.0 Å². The van der Waals surface area contributed by atoms with Gasteiger partial charge < -0.3 is 4.90 Å². The van der Waals surface area contributed by atoms with Crippen molar-refractivity contribution in [2.45, 2.75) is 0 Å². The Hall–Kier alpha value is -1.35. The van der Waals surface area contributed by atoms with Gasteiger partial charge in [0.05, 0.1) is 11.4 Å². The Kier molecular flexibility index (Phi) is 3.25. The molecule has 0 spiro atoms. The highest BCUT2D eigenvalue weighted by molar-refractivity contribution is 9.10. The zero-order valence-electron chi connectivity index (χ0n) is 8.82. The Morgan fingerprint density at radius 2 is 1.50 bits per heavy atom. The molecule has 0 unspecified atom stereocenters. The maximum Gasteiger partial charge on any atom is 0.146 e. The predicted molar refractivity (Wildman–Crippen MR) is 68.6 cm³/mol. The molecule has 0 radical (unpaired) electrons. The fraction of sp³-hybridized carbons (Fsp3) is 0.0769. The van der Waals surface area contributed by atoms with Gasteiger partial charge in [-0.15, -0.1) is 0 Å². The van der Waals surface area contributed by atoms with Gasteiger partial charge >= 0.3 is 0 Å². The van der Waals surface area contributed by atoms with Crippen molar-refractivity contribution in [3.05, 3.63) is 58.8 Å². The molecule has 1 nitrogen and oxygen atoms in total. The lowest BCUT2D eigenvalue weighted by molar-refractivity contribution is 0.627. The van der Waals surface area contributed by atoms with Gasteiger partial charge in [0.2, 0.25) is 0 Å². The number of nitrogens with zero attached hydrogens (tertiary/aromatic N) is 1. The third-order valence-electron chi connectivity index (χ3n) is 2.43. The molecular formula is C13H11BrFN. The Bertz CT molecular complexity index is 453. The molecule has 0 bridgehead atoms. The van der Waals surface area contributed by atoms with Crippen LogP contribution in [0.3, 0.4) is 0 Å². The minimum Gasteiger partial charge on any atom is -0.341 e. The smallest absolute Gasteiger partial charge is 0.146 e. The molecule has 0 N–H and O–H groups in total. The van der Waals surface area contributed by atoms with Gasteiger partial charge in [0, 0.05) is 11.5 Å². The first kappa shape index (κ1) is 11.1. The van der Waals surface area contributed by atoms with Gasteiger partial charge in [0.15, 0.2) is 0 Å². The summed E-state index contributed by atoms with van der Waals surface area (Å²) in [7, 11) is 1.85. The maximum absolute atomic E-state index is 13.6. The molecule has 0 heterocycles. The first-order chi connectivity index (χ1) is 7.70. The lowest BCUT2D eigenvalue weighted by Crippen LogP contribution is -2.11. The average Bonchev–Trinajstić information content (AvgIpc) is 2.29. The van der Waals surface area contributed by atoms with Crippen LogP contribution in [0.1, 0.15) is 0 Å². The summed E-state index contributed by atoms with van der Waals surface area (Å²) in [5.41, 5.74) is 1.50. The lowest BCUT2D eigenvalue weighted by Gasteiger charge is -2.21. The number of rotatable bonds is 2. The van der Waals surface area contributed by atoms with E-state index in [1.165, 1.54) is 6.07 Å². The van der Waals surface area contributed by atoms with Crippen LogP contribution >= 0.6 is 15.9 Å². The topological polar surface area (TPSA) is 3.24 Å². The molecule has 0 fully saturated rings. The van der Waals surface area contributed by atoms with E-state index >= 15 is 0 Å². The van der Waals surface area contributed by atoms with Crippen molar-refractivity contribution >= 4 is 27.3 Å². The standard InChI is InChI=1S/C13H11BrFN/c1-16(12-8-4-2-6-10(12)14)13-9-5-3-7-11(13)15/h2-9H,1H3. The molecule has 16 heavy (non-hydrogen) atoms. The molecular weight excluding hydrogens is 269 g/mol. The first-order valence-electron chi connectivity index (χ1n) is 4.93. The number of para-hydroxylation sites is 2. The highest BCUT2D eigenvalue weighted by atomic mass is 79.9. The second kappa shape index (κ2) is 4.66. The highest BCUT2D eigenvalue weighted by Gasteiger charge is 2.10. The molecule has 0 saturated carbocycles. The fourth-order valence-electron chi connectivity index (χ4n) is 1.58. The zero-order valence-corrected chi connectivity index (χ0v) is 10.4. The van der Waals surface area contributed by atoms with Crippen LogP contribution in [0.2, 0.25) is 0 Å². The minimum atomic E-state index is -0.222.